The lowest BCUT2D eigenvalue weighted by atomic mass is 9.92. The topological polar surface area (TPSA) is 58.6 Å². The van der Waals surface area contributed by atoms with Crippen LogP contribution in [-0.4, -0.2) is 24.6 Å². The molecule has 0 aromatic heterocycles. The van der Waals surface area contributed by atoms with Crippen molar-refractivity contribution in [3.05, 3.63) is 70.8 Å². The molecule has 0 fully saturated rings. The number of rotatable bonds is 5. The number of hydrogen-bond donors (Lipinski definition) is 2. The lowest BCUT2D eigenvalue weighted by Crippen LogP contribution is -2.06. The number of ether oxygens (including phenoxy) is 1. The Hall–Kier alpha value is -2.30. The van der Waals surface area contributed by atoms with E-state index in [1.54, 1.807) is 12.1 Å². The number of halogens is 1. The van der Waals surface area contributed by atoms with Crippen molar-refractivity contribution in [1.82, 2.24) is 5.32 Å². The molecule has 0 radical (unpaired) electrons. The fourth-order valence-electron chi connectivity index (χ4n) is 2.92. The quantitative estimate of drug-likeness (QED) is 0.797. The van der Waals surface area contributed by atoms with Crippen LogP contribution < -0.4 is 10.1 Å². The fourth-order valence-corrected chi connectivity index (χ4v) is 2.92. The molecule has 0 aliphatic carbocycles. The van der Waals surface area contributed by atoms with Gasteiger partial charge in [-0.2, -0.15) is 0 Å². The second kappa shape index (κ2) is 8.70. The van der Waals surface area contributed by atoms with Gasteiger partial charge < -0.3 is 15.2 Å². The predicted molar refractivity (Wildman–Crippen MR) is 101 cm³/mol. The molecule has 2 aromatic carbocycles. The molecule has 4 nitrogen and oxygen atoms in total. The van der Waals surface area contributed by atoms with Crippen LogP contribution >= 0.6 is 12.4 Å². The summed E-state index contributed by atoms with van der Waals surface area (Å²) in [6.07, 6.45) is 2.43. The lowest BCUT2D eigenvalue weighted by Gasteiger charge is -2.12. The number of carboxylic acid groups (broad SMARTS) is 1. The molecule has 0 unspecified atom stereocenters. The number of aliphatic carboxylic acids is 1. The summed E-state index contributed by atoms with van der Waals surface area (Å²) in [6, 6.07) is 13.3. The zero-order valence-electron chi connectivity index (χ0n) is 16.6. The average Bonchev–Trinajstić information content (AvgIpc) is 2.74. The largest absolute Gasteiger partial charge is 0.488 e. The summed E-state index contributed by atoms with van der Waals surface area (Å²) in [6.45, 7) is -1.44. The molecule has 1 aliphatic heterocycles. The van der Waals surface area contributed by atoms with E-state index in [1.165, 1.54) is 0 Å². The normalized spacial score (nSPS) is 16.2. The maximum Gasteiger partial charge on any atom is 0.307 e. The summed E-state index contributed by atoms with van der Waals surface area (Å²) >= 11 is 0. The van der Waals surface area contributed by atoms with Crippen molar-refractivity contribution in [3.63, 3.8) is 0 Å². The minimum Gasteiger partial charge on any atom is -0.488 e. The van der Waals surface area contributed by atoms with Crippen LogP contribution in [0, 0.1) is 0 Å². The van der Waals surface area contributed by atoms with Gasteiger partial charge in [-0.25, -0.2) is 0 Å². The highest BCUT2D eigenvalue weighted by molar-refractivity contribution is 5.86. The molecular formula is C20H22ClNO3. The van der Waals surface area contributed by atoms with E-state index >= 15 is 0 Å². The van der Waals surface area contributed by atoms with Gasteiger partial charge in [0, 0.05) is 9.68 Å². The molecule has 0 saturated carbocycles. The number of benzene rings is 2. The van der Waals surface area contributed by atoms with Crippen molar-refractivity contribution in [2.45, 2.75) is 19.4 Å². The fraction of sp³-hybridized carbons (Fsp3) is 0.250. The van der Waals surface area contributed by atoms with Crippen molar-refractivity contribution in [2.75, 3.05) is 13.5 Å². The summed E-state index contributed by atoms with van der Waals surface area (Å²) in [5.41, 5.74) is 4.49. The van der Waals surface area contributed by atoms with E-state index in [4.69, 9.17) is 14.0 Å². The molecule has 0 amide bonds. The van der Waals surface area contributed by atoms with Gasteiger partial charge >= 0.3 is 5.97 Å². The van der Waals surface area contributed by atoms with Crippen LogP contribution in [-0.2, 0) is 17.8 Å². The van der Waals surface area contributed by atoms with Gasteiger partial charge in [0.2, 0.25) is 0 Å². The summed E-state index contributed by atoms with van der Waals surface area (Å²) < 4.78 is 27.7. The van der Waals surface area contributed by atoms with Gasteiger partial charge in [0.25, 0.3) is 0 Å². The van der Waals surface area contributed by atoms with Crippen molar-refractivity contribution in [3.8, 4) is 5.75 Å². The molecule has 0 atom stereocenters. The smallest absolute Gasteiger partial charge is 0.307 e. The summed E-state index contributed by atoms with van der Waals surface area (Å²) in [7, 11) is 0. The van der Waals surface area contributed by atoms with Crippen molar-refractivity contribution < 1.29 is 18.8 Å². The van der Waals surface area contributed by atoms with E-state index < -0.39 is 12.9 Å². The van der Waals surface area contributed by atoms with Crippen molar-refractivity contribution in [2.24, 2.45) is 0 Å². The first kappa shape index (κ1) is 15.0. The second-order valence-electron chi connectivity index (χ2n) is 5.68. The minimum atomic E-state index is -2.17. The molecule has 0 spiro atoms. The van der Waals surface area contributed by atoms with Gasteiger partial charge in [0.05, 0.1) is 6.42 Å². The molecular weight excluding hydrogens is 338 g/mol. The highest BCUT2D eigenvalue weighted by Crippen LogP contribution is 2.37. The first-order valence-corrected chi connectivity index (χ1v) is 7.85. The Bertz CT molecular complexity index is 881. The van der Waals surface area contributed by atoms with Gasteiger partial charge in [-0.1, -0.05) is 36.4 Å². The number of carboxylic acids is 1. The molecule has 0 bridgehead atoms. The second-order valence-corrected chi connectivity index (χ2v) is 5.68. The lowest BCUT2D eigenvalue weighted by molar-refractivity contribution is -0.136. The Kier molecular flexibility index (Phi) is 5.22. The Morgan fingerprint density at radius 3 is 2.96 bits per heavy atom. The van der Waals surface area contributed by atoms with Crippen LogP contribution in [0.5, 0.6) is 5.75 Å². The maximum atomic E-state index is 11.1. The van der Waals surface area contributed by atoms with Crippen LogP contribution in [0.15, 0.2) is 48.5 Å². The first-order chi connectivity index (χ1) is 12.8. The zero-order valence-corrected chi connectivity index (χ0v) is 14.4. The minimum absolute atomic E-state index is 0. The molecule has 132 valence electrons. The number of carbonyl (C=O) groups is 1. The van der Waals surface area contributed by atoms with E-state index in [1.807, 2.05) is 36.4 Å². The standard InChI is InChI=1S/C20H21NO3.ClH/c1-21-10-4-7-17-16-6-3-2-5-15(16)13-24-19-9-8-14(11-18(17)19)12-20(22)23;/h2-3,5-9,11,21H,4,10,12-13H2,1H3,(H,22,23);1H/b17-7-;/i1D3;. The summed E-state index contributed by atoms with van der Waals surface area (Å²) in [5.74, 6) is -0.201. The number of hydrogen-bond acceptors (Lipinski definition) is 3. The van der Waals surface area contributed by atoms with E-state index in [2.05, 4.69) is 5.32 Å². The first-order valence-electron chi connectivity index (χ1n) is 9.35. The third-order valence-electron chi connectivity index (χ3n) is 4.00. The van der Waals surface area contributed by atoms with Crippen LogP contribution in [0.25, 0.3) is 5.57 Å². The van der Waals surface area contributed by atoms with Crippen LogP contribution in [0.4, 0.5) is 0 Å². The molecule has 0 saturated heterocycles. The van der Waals surface area contributed by atoms with E-state index in [0.717, 1.165) is 22.3 Å². The molecule has 3 rings (SSSR count). The van der Waals surface area contributed by atoms with Crippen LogP contribution in [0.2, 0.25) is 0 Å². The highest BCUT2D eigenvalue weighted by Gasteiger charge is 2.19. The zero-order chi connectivity index (χ0) is 19.4. The van der Waals surface area contributed by atoms with Gasteiger partial charge in [0.15, 0.2) is 0 Å². The monoisotopic (exact) mass is 362 g/mol. The third kappa shape index (κ3) is 4.41. The molecule has 1 heterocycles. The van der Waals surface area contributed by atoms with Gasteiger partial charge in [-0.3, -0.25) is 4.79 Å². The number of fused-ring (bicyclic) bond motifs is 2. The summed E-state index contributed by atoms with van der Waals surface area (Å²) in [5, 5.41) is 11.6. The van der Waals surface area contributed by atoms with Crippen molar-refractivity contribution >= 4 is 23.9 Å². The van der Waals surface area contributed by atoms with Gasteiger partial charge in [-0.05, 0) is 54.3 Å². The molecule has 1 aliphatic rings. The maximum absolute atomic E-state index is 11.1. The highest BCUT2D eigenvalue weighted by atomic mass is 35.5. The third-order valence-corrected chi connectivity index (χ3v) is 4.00. The van der Waals surface area contributed by atoms with Crippen molar-refractivity contribution in [1.29, 1.82) is 0 Å². The molecule has 25 heavy (non-hydrogen) atoms. The van der Waals surface area contributed by atoms with E-state index in [0.29, 0.717) is 30.9 Å². The number of nitrogens with one attached hydrogen (secondary N) is 1. The average molecular weight is 363 g/mol. The van der Waals surface area contributed by atoms with E-state index in [9.17, 15) is 4.79 Å². The molecule has 5 heteroatoms. The van der Waals surface area contributed by atoms with E-state index in [-0.39, 0.29) is 18.8 Å². The molecule has 2 N–H and O–H groups in total. The van der Waals surface area contributed by atoms with Gasteiger partial charge in [0.1, 0.15) is 12.4 Å². The van der Waals surface area contributed by atoms with Crippen LogP contribution in [0.1, 0.15) is 32.8 Å². The van der Waals surface area contributed by atoms with Crippen LogP contribution in [0.3, 0.4) is 0 Å². The van der Waals surface area contributed by atoms with Gasteiger partial charge in [-0.15, -0.1) is 12.4 Å². The Labute approximate surface area is 158 Å². The Morgan fingerprint density at radius 1 is 1.32 bits per heavy atom. The SMILES string of the molecule is Cl.[2H]C([2H])([2H])NCC/C=C1/c2ccccc2COc2ccc(CC(=O)O)cc21. The Balaban J connectivity index is 0.00000280. The predicted octanol–water partition coefficient (Wildman–Crippen LogP) is 3.67. The molecule has 2 aromatic rings. The Morgan fingerprint density at radius 2 is 2.16 bits per heavy atom. The summed E-state index contributed by atoms with van der Waals surface area (Å²) in [4.78, 5) is 11.1.